The SMILES string of the molecule is CCCOc1ccc(CN=C(NCC)NCC2CCCS2)cc1OC. The lowest BCUT2D eigenvalue weighted by Crippen LogP contribution is -2.40. The number of nitrogens with zero attached hydrogens (tertiary/aromatic N) is 1. The fraction of sp³-hybridized carbons (Fsp3) is 0.632. The maximum atomic E-state index is 5.70. The van der Waals surface area contributed by atoms with Crippen molar-refractivity contribution in [2.24, 2.45) is 4.99 Å². The molecule has 6 heteroatoms. The highest BCUT2D eigenvalue weighted by atomic mass is 32.2. The third kappa shape index (κ3) is 6.69. The number of hydrogen-bond acceptors (Lipinski definition) is 4. The van der Waals surface area contributed by atoms with Crippen molar-refractivity contribution in [1.82, 2.24) is 10.6 Å². The van der Waals surface area contributed by atoms with Crippen molar-refractivity contribution >= 4 is 17.7 Å². The number of benzene rings is 1. The number of ether oxygens (including phenoxy) is 2. The second-order valence-corrected chi connectivity index (χ2v) is 7.45. The summed E-state index contributed by atoms with van der Waals surface area (Å²) in [7, 11) is 1.67. The topological polar surface area (TPSA) is 54.9 Å². The molecule has 0 amide bonds. The van der Waals surface area contributed by atoms with Gasteiger partial charge < -0.3 is 20.1 Å². The molecular formula is C19H31N3O2S. The molecule has 1 aromatic carbocycles. The van der Waals surface area contributed by atoms with Crippen LogP contribution in [0.2, 0.25) is 0 Å². The van der Waals surface area contributed by atoms with E-state index in [4.69, 9.17) is 14.5 Å². The van der Waals surface area contributed by atoms with Crippen molar-refractivity contribution in [3.05, 3.63) is 23.8 Å². The van der Waals surface area contributed by atoms with Crippen LogP contribution in [0.4, 0.5) is 0 Å². The van der Waals surface area contributed by atoms with E-state index in [1.54, 1.807) is 7.11 Å². The molecule has 5 nitrogen and oxygen atoms in total. The van der Waals surface area contributed by atoms with Crippen LogP contribution in [0.5, 0.6) is 11.5 Å². The van der Waals surface area contributed by atoms with Crippen molar-refractivity contribution in [3.8, 4) is 11.5 Å². The molecule has 0 saturated carbocycles. The highest BCUT2D eigenvalue weighted by Gasteiger charge is 2.15. The maximum absolute atomic E-state index is 5.70. The van der Waals surface area contributed by atoms with E-state index in [1.165, 1.54) is 18.6 Å². The summed E-state index contributed by atoms with van der Waals surface area (Å²) in [5.74, 6) is 3.72. The molecule has 1 unspecified atom stereocenters. The van der Waals surface area contributed by atoms with Gasteiger partial charge in [-0.25, -0.2) is 4.99 Å². The molecule has 1 atom stereocenters. The molecule has 0 bridgehead atoms. The molecule has 25 heavy (non-hydrogen) atoms. The summed E-state index contributed by atoms with van der Waals surface area (Å²) in [5.41, 5.74) is 1.10. The Kier molecular flexibility index (Phi) is 8.80. The lowest BCUT2D eigenvalue weighted by Gasteiger charge is -2.15. The van der Waals surface area contributed by atoms with E-state index in [1.807, 2.05) is 18.2 Å². The van der Waals surface area contributed by atoms with Crippen LogP contribution >= 0.6 is 11.8 Å². The molecule has 0 aliphatic carbocycles. The molecule has 1 saturated heterocycles. The zero-order valence-corrected chi connectivity index (χ0v) is 16.5. The number of thioether (sulfide) groups is 1. The maximum Gasteiger partial charge on any atom is 0.191 e. The minimum absolute atomic E-state index is 0.609. The van der Waals surface area contributed by atoms with Gasteiger partial charge in [-0.15, -0.1) is 0 Å². The molecule has 2 rings (SSSR count). The van der Waals surface area contributed by atoms with Gasteiger partial charge in [-0.2, -0.15) is 11.8 Å². The largest absolute Gasteiger partial charge is 0.493 e. The van der Waals surface area contributed by atoms with Gasteiger partial charge in [-0.3, -0.25) is 0 Å². The second-order valence-electron chi connectivity index (χ2n) is 6.04. The Hall–Kier alpha value is -1.56. The summed E-state index contributed by atoms with van der Waals surface area (Å²) in [6.45, 7) is 7.32. The summed E-state index contributed by atoms with van der Waals surface area (Å²) in [5, 5.41) is 7.49. The van der Waals surface area contributed by atoms with Gasteiger partial charge in [0.05, 0.1) is 20.3 Å². The van der Waals surface area contributed by atoms with E-state index in [-0.39, 0.29) is 0 Å². The van der Waals surface area contributed by atoms with Crippen LogP contribution in [-0.2, 0) is 6.54 Å². The molecule has 0 spiro atoms. The summed E-state index contributed by atoms with van der Waals surface area (Å²) < 4.78 is 11.1. The van der Waals surface area contributed by atoms with Crippen LogP contribution in [0.15, 0.2) is 23.2 Å². The molecule has 1 heterocycles. The number of rotatable bonds is 9. The monoisotopic (exact) mass is 365 g/mol. The lowest BCUT2D eigenvalue weighted by molar-refractivity contribution is 0.294. The van der Waals surface area contributed by atoms with Crippen molar-refractivity contribution < 1.29 is 9.47 Å². The van der Waals surface area contributed by atoms with Crippen molar-refractivity contribution in [2.45, 2.75) is 44.9 Å². The highest BCUT2D eigenvalue weighted by molar-refractivity contribution is 8.00. The Morgan fingerprint density at radius 3 is 2.84 bits per heavy atom. The van der Waals surface area contributed by atoms with Gasteiger partial charge in [0.2, 0.25) is 0 Å². The van der Waals surface area contributed by atoms with Crippen LogP contribution in [-0.4, -0.2) is 43.8 Å². The molecular weight excluding hydrogens is 334 g/mol. The fourth-order valence-corrected chi connectivity index (χ4v) is 3.87. The summed E-state index contributed by atoms with van der Waals surface area (Å²) >= 11 is 2.05. The second kappa shape index (κ2) is 11.1. The Bertz CT molecular complexity index is 545. The fourth-order valence-electron chi connectivity index (χ4n) is 2.67. The molecule has 1 fully saturated rings. The predicted octanol–water partition coefficient (Wildman–Crippen LogP) is 3.43. The summed E-state index contributed by atoms with van der Waals surface area (Å²) in [6, 6.07) is 6.02. The minimum atomic E-state index is 0.609. The summed E-state index contributed by atoms with van der Waals surface area (Å²) in [4.78, 5) is 4.70. The minimum Gasteiger partial charge on any atom is -0.493 e. The van der Waals surface area contributed by atoms with Crippen molar-refractivity contribution in [2.75, 3.05) is 32.6 Å². The molecule has 1 aromatic rings. The number of guanidine groups is 1. The van der Waals surface area contributed by atoms with E-state index < -0.39 is 0 Å². The van der Waals surface area contributed by atoms with Gasteiger partial charge in [0.15, 0.2) is 17.5 Å². The normalized spacial score (nSPS) is 17.4. The Labute approximate surface area is 156 Å². The van der Waals surface area contributed by atoms with Crippen molar-refractivity contribution in [1.29, 1.82) is 0 Å². The van der Waals surface area contributed by atoms with E-state index >= 15 is 0 Å². The Morgan fingerprint density at radius 1 is 1.28 bits per heavy atom. The van der Waals surface area contributed by atoms with Crippen LogP contribution < -0.4 is 20.1 Å². The number of methoxy groups -OCH3 is 1. The van der Waals surface area contributed by atoms with Gasteiger partial charge in [0.25, 0.3) is 0 Å². The molecule has 0 aromatic heterocycles. The first kappa shape index (κ1) is 19.8. The number of hydrogen-bond donors (Lipinski definition) is 2. The smallest absolute Gasteiger partial charge is 0.191 e. The first-order valence-corrected chi connectivity index (χ1v) is 10.2. The van der Waals surface area contributed by atoms with Crippen molar-refractivity contribution in [3.63, 3.8) is 0 Å². The van der Waals surface area contributed by atoms with E-state index in [9.17, 15) is 0 Å². The van der Waals surface area contributed by atoms with Crippen LogP contribution in [0.3, 0.4) is 0 Å². The number of nitrogens with one attached hydrogen (secondary N) is 2. The summed E-state index contributed by atoms with van der Waals surface area (Å²) in [6.07, 6.45) is 3.61. The van der Waals surface area contributed by atoms with Gasteiger partial charge in [0.1, 0.15) is 0 Å². The Morgan fingerprint density at radius 2 is 2.16 bits per heavy atom. The van der Waals surface area contributed by atoms with Crippen LogP contribution in [0, 0.1) is 0 Å². The van der Waals surface area contributed by atoms with Gasteiger partial charge in [0, 0.05) is 18.3 Å². The molecule has 0 radical (unpaired) electrons. The molecule has 140 valence electrons. The van der Waals surface area contributed by atoms with Crippen LogP contribution in [0.25, 0.3) is 0 Å². The van der Waals surface area contributed by atoms with E-state index in [0.29, 0.717) is 18.4 Å². The van der Waals surface area contributed by atoms with E-state index in [0.717, 1.165) is 42.5 Å². The van der Waals surface area contributed by atoms with Gasteiger partial charge in [-0.1, -0.05) is 13.0 Å². The zero-order valence-electron chi connectivity index (χ0n) is 15.6. The lowest BCUT2D eigenvalue weighted by atomic mass is 10.2. The third-order valence-corrected chi connectivity index (χ3v) is 5.37. The quantitative estimate of drug-likeness (QED) is 0.519. The standard InChI is InChI=1S/C19H31N3O2S/c1-4-10-24-17-9-8-15(12-18(17)23-3)13-21-19(20-5-2)22-14-16-7-6-11-25-16/h8-9,12,16H,4-7,10-11,13-14H2,1-3H3,(H2,20,21,22). The average molecular weight is 366 g/mol. The zero-order chi connectivity index (χ0) is 17.9. The van der Waals surface area contributed by atoms with Gasteiger partial charge in [-0.05, 0) is 49.6 Å². The first-order valence-electron chi connectivity index (χ1n) is 9.20. The average Bonchev–Trinajstić information content (AvgIpc) is 3.16. The van der Waals surface area contributed by atoms with E-state index in [2.05, 4.69) is 36.2 Å². The first-order chi connectivity index (χ1) is 12.3. The predicted molar refractivity (Wildman–Crippen MR) is 107 cm³/mol. The van der Waals surface area contributed by atoms with Gasteiger partial charge >= 0.3 is 0 Å². The highest BCUT2D eigenvalue weighted by Crippen LogP contribution is 2.28. The number of aliphatic imine (C=N–C) groups is 1. The Balaban J connectivity index is 1.95. The van der Waals surface area contributed by atoms with Crippen LogP contribution in [0.1, 0.15) is 38.7 Å². The third-order valence-electron chi connectivity index (χ3n) is 3.97. The molecule has 2 N–H and O–H groups in total. The molecule has 1 aliphatic heterocycles. The molecule has 1 aliphatic rings.